The summed E-state index contributed by atoms with van der Waals surface area (Å²) in [6.07, 6.45) is 3.18. The first kappa shape index (κ1) is 10.0. The van der Waals surface area contributed by atoms with Crippen molar-refractivity contribution in [2.75, 3.05) is 5.73 Å². The predicted octanol–water partition coefficient (Wildman–Crippen LogP) is 2.03. The minimum Gasteiger partial charge on any atom is -0.396 e. The maximum atomic E-state index is 12.2. The Morgan fingerprint density at radius 3 is 2.82 bits per heavy atom. The summed E-state index contributed by atoms with van der Waals surface area (Å²) in [6, 6.07) is 9.26. The van der Waals surface area contributed by atoms with E-state index in [-0.39, 0.29) is 5.56 Å². The Hall–Kier alpha value is -2.14. The lowest BCUT2D eigenvalue weighted by Gasteiger charge is -2.02. The molecule has 84 valence electrons. The van der Waals surface area contributed by atoms with E-state index in [1.165, 1.54) is 11.5 Å². The van der Waals surface area contributed by atoms with E-state index in [0.29, 0.717) is 16.8 Å². The maximum absolute atomic E-state index is 12.2. The van der Waals surface area contributed by atoms with Crippen molar-refractivity contribution in [3.05, 3.63) is 53.1 Å². The van der Waals surface area contributed by atoms with Crippen LogP contribution in [0.3, 0.4) is 0 Å². The van der Waals surface area contributed by atoms with Crippen molar-refractivity contribution < 1.29 is 0 Å². The van der Waals surface area contributed by atoms with Crippen molar-refractivity contribution in [1.82, 2.24) is 8.94 Å². The Morgan fingerprint density at radius 2 is 2.06 bits per heavy atom. The number of pyridine rings is 1. The van der Waals surface area contributed by atoms with Crippen molar-refractivity contribution in [3.8, 4) is 5.69 Å². The largest absolute Gasteiger partial charge is 0.396 e. The normalized spacial score (nSPS) is 10.8. The molecule has 1 aromatic carbocycles. The maximum Gasteiger partial charge on any atom is 0.273 e. The number of rotatable bonds is 1. The molecular weight excluding hydrogens is 234 g/mol. The molecule has 0 unspecified atom stereocenters. The number of nitrogens with zero attached hydrogens (tertiary/aromatic N) is 2. The average Bonchev–Trinajstić information content (AvgIpc) is 2.68. The molecule has 0 bridgehead atoms. The van der Waals surface area contributed by atoms with E-state index in [4.69, 9.17) is 5.73 Å². The Bertz CT molecular complexity index is 745. The van der Waals surface area contributed by atoms with Crippen molar-refractivity contribution in [2.45, 2.75) is 0 Å². The van der Waals surface area contributed by atoms with Crippen LogP contribution in [0, 0.1) is 0 Å². The van der Waals surface area contributed by atoms with E-state index in [1.54, 1.807) is 22.4 Å². The van der Waals surface area contributed by atoms with Crippen molar-refractivity contribution >= 4 is 27.3 Å². The van der Waals surface area contributed by atoms with Crippen LogP contribution in [-0.4, -0.2) is 8.94 Å². The van der Waals surface area contributed by atoms with Gasteiger partial charge in [-0.1, -0.05) is 23.7 Å². The summed E-state index contributed by atoms with van der Waals surface area (Å²) in [7, 11) is 0. The van der Waals surface area contributed by atoms with E-state index in [1.807, 2.05) is 24.3 Å². The minimum absolute atomic E-state index is 0.0384. The highest BCUT2D eigenvalue weighted by molar-refractivity contribution is 7.14. The highest BCUT2D eigenvalue weighted by Crippen LogP contribution is 2.22. The first-order chi connectivity index (χ1) is 8.27. The fraction of sp³-hybridized carbons (Fsp3) is 0. The molecule has 2 N–H and O–H groups in total. The molecule has 2 heterocycles. The number of hydrogen-bond acceptors (Lipinski definition) is 4. The van der Waals surface area contributed by atoms with Gasteiger partial charge >= 0.3 is 0 Å². The van der Waals surface area contributed by atoms with E-state index < -0.39 is 0 Å². The monoisotopic (exact) mass is 243 g/mol. The Balaban J connectivity index is 2.36. The van der Waals surface area contributed by atoms with Gasteiger partial charge in [-0.2, -0.15) is 0 Å². The molecule has 3 aromatic rings. The van der Waals surface area contributed by atoms with Gasteiger partial charge in [0.1, 0.15) is 0 Å². The van der Waals surface area contributed by atoms with Gasteiger partial charge in [-0.3, -0.25) is 9.78 Å². The summed E-state index contributed by atoms with van der Waals surface area (Å²) in [6.45, 7) is 0. The second kappa shape index (κ2) is 3.71. The van der Waals surface area contributed by atoms with E-state index in [0.717, 1.165) is 4.70 Å². The molecule has 17 heavy (non-hydrogen) atoms. The van der Waals surface area contributed by atoms with Gasteiger partial charge in [-0.05, 0) is 18.2 Å². The van der Waals surface area contributed by atoms with Crippen molar-refractivity contribution in [3.63, 3.8) is 0 Å². The first-order valence-corrected chi connectivity index (χ1v) is 5.85. The summed E-state index contributed by atoms with van der Waals surface area (Å²) in [5.74, 6) is 0. The van der Waals surface area contributed by atoms with Crippen LogP contribution in [0.1, 0.15) is 0 Å². The molecule has 0 spiro atoms. The van der Waals surface area contributed by atoms with Crippen LogP contribution in [0.15, 0.2) is 47.5 Å². The second-order valence-electron chi connectivity index (χ2n) is 3.62. The number of aromatic nitrogens is 2. The molecular formula is C12H9N3OS. The summed E-state index contributed by atoms with van der Waals surface area (Å²) in [5, 5.41) is 0.716. The van der Waals surface area contributed by atoms with Crippen LogP contribution in [-0.2, 0) is 0 Å². The zero-order valence-electron chi connectivity index (χ0n) is 8.83. The average molecular weight is 243 g/mol. The third kappa shape index (κ3) is 1.52. The fourth-order valence-corrected chi connectivity index (χ4v) is 2.75. The molecule has 0 radical (unpaired) electrons. The number of nitrogens with two attached hydrogens (primary N) is 1. The number of anilines is 1. The summed E-state index contributed by atoms with van der Waals surface area (Å²) < 4.78 is 2.55. The number of nitrogen functional groups attached to an aromatic ring is 1. The van der Waals surface area contributed by atoms with Gasteiger partial charge in [-0.15, -0.1) is 0 Å². The van der Waals surface area contributed by atoms with Crippen LogP contribution in [0.5, 0.6) is 0 Å². The Labute approximate surface area is 101 Å². The second-order valence-corrected chi connectivity index (χ2v) is 4.61. The fourth-order valence-electron chi connectivity index (χ4n) is 1.71. The number of fused-ring (bicyclic) bond motifs is 1. The van der Waals surface area contributed by atoms with Gasteiger partial charge in [-0.25, -0.2) is 3.96 Å². The van der Waals surface area contributed by atoms with Crippen LogP contribution in [0.4, 0.5) is 5.69 Å². The molecule has 0 amide bonds. The van der Waals surface area contributed by atoms with Gasteiger partial charge in [0.2, 0.25) is 0 Å². The van der Waals surface area contributed by atoms with Crippen LogP contribution < -0.4 is 11.3 Å². The standard InChI is InChI=1S/C12H9N3OS/c13-9-7-14-6-5-10(9)15-12(16)8-3-1-2-4-11(8)17-15/h1-7H,13H2. The molecule has 5 heteroatoms. The van der Waals surface area contributed by atoms with E-state index in [2.05, 4.69) is 4.98 Å². The topological polar surface area (TPSA) is 60.9 Å². The van der Waals surface area contributed by atoms with Crippen LogP contribution >= 0.6 is 11.5 Å². The van der Waals surface area contributed by atoms with E-state index in [9.17, 15) is 4.79 Å². The molecule has 0 saturated heterocycles. The molecule has 0 aliphatic carbocycles. The van der Waals surface area contributed by atoms with Gasteiger partial charge < -0.3 is 5.73 Å². The third-order valence-electron chi connectivity index (χ3n) is 2.54. The van der Waals surface area contributed by atoms with Crippen molar-refractivity contribution in [2.24, 2.45) is 0 Å². The van der Waals surface area contributed by atoms with E-state index >= 15 is 0 Å². The molecule has 0 atom stereocenters. The molecule has 0 fully saturated rings. The lowest BCUT2D eigenvalue weighted by Crippen LogP contribution is -2.12. The predicted molar refractivity (Wildman–Crippen MR) is 69.6 cm³/mol. The lowest BCUT2D eigenvalue weighted by molar-refractivity contribution is 1.13. The Morgan fingerprint density at radius 1 is 1.24 bits per heavy atom. The van der Waals surface area contributed by atoms with Gasteiger partial charge in [0, 0.05) is 6.20 Å². The highest BCUT2D eigenvalue weighted by atomic mass is 32.1. The number of hydrogen-bond donors (Lipinski definition) is 1. The first-order valence-electron chi connectivity index (χ1n) is 5.08. The van der Waals surface area contributed by atoms with Crippen molar-refractivity contribution in [1.29, 1.82) is 0 Å². The summed E-state index contributed by atoms with van der Waals surface area (Å²) >= 11 is 1.39. The summed E-state index contributed by atoms with van der Waals surface area (Å²) in [4.78, 5) is 16.1. The molecule has 4 nitrogen and oxygen atoms in total. The lowest BCUT2D eigenvalue weighted by atomic mass is 10.3. The molecule has 2 aromatic heterocycles. The zero-order valence-corrected chi connectivity index (χ0v) is 9.65. The molecule has 0 aliphatic heterocycles. The minimum atomic E-state index is -0.0384. The van der Waals surface area contributed by atoms with Crippen LogP contribution in [0.25, 0.3) is 15.8 Å². The quantitative estimate of drug-likeness (QED) is 0.711. The molecule has 0 saturated carbocycles. The number of benzene rings is 1. The van der Waals surface area contributed by atoms with Crippen LogP contribution in [0.2, 0.25) is 0 Å². The van der Waals surface area contributed by atoms with Gasteiger partial charge in [0.15, 0.2) is 0 Å². The molecule has 0 aliphatic rings. The highest BCUT2D eigenvalue weighted by Gasteiger charge is 2.10. The van der Waals surface area contributed by atoms with Gasteiger partial charge in [0.05, 0.1) is 27.7 Å². The smallest absolute Gasteiger partial charge is 0.273 e. The zero-order chi connectivity index (χ0) is 11.8. The third-order valence-corrected chi connectivity index (χ3v) is 3.64. The summed E-state index contributed by atoms with van der Waals surface area (Å²) in [5.41, 5.74) is 6.98. The van der Waals surface area contributed by atoms with Gasteiger partial charge in [0.25, 0.3) is 5.56 Å². The Kier molecular flexibility index (Phi) is 2.19. The molecule has 3 rings (SSSR count). The SMILES string of the molecule is Nc1cnccc1-n1sc2ccccc2c1=O.